The van der Waals surface area contributed by atoms with Crippen molar-refractivity contribution in [3.8, 4) is 0 Å². The highest BCUT2D eigenvalue weighted by Gasteiger charge is 2.37. The van der Waals surface area contributed by atoms with E-state index < -0.39 is 84.7 Å². The van der Waals surface area contributed by atoms with E-state index in [0.29, 0.717) is 12.1 Å². The second kappa shape index (κ2) is 8.19. The van der Waals surface area contributed by atoms with E-state index in [4.69, 9.17) is 5.73 Å². The van der Waals surface area contributed by atoms with Gasteiger partial charge in [-0.25, -0.2) is 0 Å². The van der Waals surface area contributed by atoms with Gasteiger partial charge in [0.25, 0.3) is 30.4 Å². The zero-order valence-corrected chi connectivity index (χ0v) is 20.0. The van der Waals surface area contributed by atoms with Crippen LogP contribution >= 0.6 is 0 Å². The summed E-state index contributed by atoms with van der Waals surface area (Å²) in [5.74, 6) is -2.05. The third-order valence-electron chi connectivity index (χ3n) is 5.27. The first-order chi connectivity index (χ1) is 16.5. The molecule has 188 valence electrons. The van der Waals surface area contributed by atoms with Crippen LogP contribution in [0.15, 0.2) is 63.2 Å². The quantitative estimate of drug-likeness (QED) is 0.174. The largest absolute Gasteiger partial charge is 0.397 e. The minimum atomic E-state index is -5.10. The third-order valence-corrected chi connectivity index (χ3v) is 7.93. The minimum Gasteiger partial charge on any atom is -0.397 e. The van der Waals surface area contributed by atoms with E-state index in [0.717, 1.165) is 18.2 Å². The van der Waals surface area contributed by atoms with Crippen molar-refractivity contribution in [1.82, 2.24) is 0 Å². The Morgan fingerprint density at radius 1 is 0.639 bits per heavy atom. The molecule has 1 aliphatic rings. The summed E-state index contributed by atoms with van der Waals surface area (Å²) in [6, 6.07) is 8.01. The van der Waals surface area contributed by atoms with Gasteiger partial charge in [-0.1, -0.05) is 12.1 Å². The van der Waals surface area contributed by atoms with Gasteiger partial charge in [-0.05, 0) is 36.4 Å². The van der Waals surface area contributed by atoms with Crippen molar-refractivity contribution in [2.45, 2.75) is 14.7 Å². The van der Waals surface area contributed by atoms with Crippen LogP contribution in [0.2, 0.25) is 0 Å². The first-order valence-electron chi connectivity index (χ1n) is 9.50. The second-order valence-corrected chi connectivity index (χ2v) is 11.7. The summed E-state index contributed by atoms with van der Waals surface area (Å²) in [5.41, 5.74) is 2.14. The van der Waals surface area contributed by atoms with Crippen LogP contribution < -0.4 is 11.1 Å². The van der Waals surface area contributed by atoms with Crippen LogP contribution in [0.4, 0.5) is 17.1 Å². The number of nitrogens with one attached hydrogen (secondary N) is 1. The lowest BCUT2D eigenvalue weighted by molar-refractivity contribution is 0.0980. The van der Waals surface area contributed by atoms with Crippen molar-refractivity contribution >= 4 is 59.0 Å². The van der Waals surface area contributed by atoms with Crippen molar-refractivity contribution in [3.05, 3.63) is 70.8 Å². The van der Waals surface area contributed by atoms with Gasteiger partial charge in [0.2, 0.25) is 0 Å². The highest BCUT2D eigenvalue weighted by molar-refractivity contribution is 7.86. The Kier molecular flexibility index (Phi) is 5.78. The number of rotatable bonds is 5. The molecule has 1 aliphatic carbocycles. The maximum atomic E-state index is 13.4. The molecule has 3 aromatic carbocycles. The summed E-state index contributed by atoms with van der Waals surface area (Å²) in [7, 11) is -14.7. The highest BCUT2D eigenvalue weighted by Crippen LogP contribution is 2.41. The number of fused-ring (bicyclic) bond motifs is 2. The number of benzene rings is 3. The number of hydrogen-bond acceptors (Lipinski definition) is 10. The molecule has 4 rings (SSSR count). The van der Waals surface area contributed by atoms with E-state index in [1.54, 1.807) is 0 Å². The average Bonchev–Trinajstić information content (AvgIpc) is 2.76. The molecule has 36 heavy (non-hydrogen) atoms. The summed E-state index contributed by atoms with van der Waals surface area (Å²) in [6.45, 7) is 0. The molecule has 0 amide bonds. The van der Waals surface area contributed by atoms with Crippen LogP contribution in [0.25, 0.3) is 0 Å². The van der Waals surface area contributed by atoms with Crippen molar-refractivity contribution in [3.63, 3.8) is 0 Å². The molecule has 16 heteroatoms. The predicted molar refractivity (Wildman–Crippen MR) is 123 cm³/mol. The van der Waals surface area contributed by atoms with Gasteiger partial charge in [0.1, 0.15) is 9.79 Å². The van der Waals surface area contributed by atoms with Gasteiger partial charge in [-0.3, -0.25) is 23.2 Å². The third kappa shape index (κ3) is 4.25. The molecule has 0 atom stereocenters. The molecule has 0 aromatic heterocycles. The van der Waals surface area contributed by atoms with E-state index in [1.807, 2.05) is 0 Å². The minimum absolute atomic E-state index is 0.318. The fraction of sp³-hybridized carbons (Fsp3) is 0. The van der Waals surface area contributed by atoms with Gasteiger partial charge in [0, 0.05) is 11.1 Å². The van der Waals surface area contributed by atoms with Gasteiger partial charge in [-0.15, -0.1) is 0 Å². The Balaban J connectivity index is 2.06. The lowest BCUT2D eigenvalue weighted by Gasteiger charge is -2.24. The standard InChI is InChI=1S/C20H14N2O11S3/c21-18-15(36(31,32)33)8-13(22-12-3-1-2-4-14(12)35(28,29)30)16-17(18)20(24)11-7-9(34(25,26)27)5-6-10(11)19(16)23/h1-8,22H,21H2,(H,25,26,27)(H,28,29,30)(H,31,32,33). The van der Waals surface area contributed by atoms with Crippen molar-refractivity contribution in [2.75, 3.05) is 11.1 Å². The zero-order valence-electron chi connectivity index (χ0n) is 17.5. The highest BCUT2D eigenvalue weighted by atomic mass is 32.2. The van der Waals surface area contributed by atoms with Crippen molar-refractivity contribution in [1.29, 1.82) is 0 Å². The fourth-order valence-electron chi connectivity index (χ4n) is 3.74. The Bertz CT molecular complexity index is 1830. The van der Waals surface area contributed by atoms with Gasteiger partial charge >= 0.3 is 0 Å². The molecule has 0 unspecified atom stereocenters. The monoisotopic (exact) mass is 554 g/mol. The number of anilines is 3. The summed E-state index contributed by atoms with van der Waals surface area (Å²) < 4.78 is 99.1. The molecule has 0 spiro atoms. The lowest BCUT2D eigenvalue weighted by atomic mass is 9.82. The molecule has 0 saturated heterocycles. The van der Waals surface area contributed by atoms with Crippen LogP contribution in [0.5, 0.6) is 0 Å². The van der Waals surface area contributed by atoms with Gasteiger partial charge in [0.05, 0.1) is 33.1 Å². The molecular formula is C20H14N2O11S3. The number of carbonyl (C=O) groups is 2. The first kappa shape index (κ1) is 25.4. The molecule has 13 nitrogen and oxygen atoms in total. The van der Waals surface area contributed by atoms with Crippen LogP contribution in [0, 0.1) is 0 Å². The van der Waals surface area contributed by atoms with E-state index in [1.165, 1.54) is 18.2 Å². The maximum Gasteiger partial charge on any atom is 0.296 e. The molecule has 3 aromatic rings. The molecule has 6 N–H and O–H groups in total. The van der Waals surface area contributed by atoms with Crippen molar-refractivity contribution < 1.29 is 48.5 Å². The molecule has 0 radical (unpaired) electrons. The molecule has 0 bridgehead atoms. The lowest BCUT2D eigenvalue weighted by Crippen LogP contribution is -2.25. The van der Waals surface area contributed by atoms with E-state index >= 15 is 0 Å². The molecule has 0 saturated carbocycles. The van der Waals surface area contributed by atoms with Gasteiger partial charge < -0.3 is 11.1 Å². The van der Waals surface area contributed by atoms with Crippen LogP contribution in [-0.4, -0.2) is 50.5 Å². The predicted octanol–water partition coefficient (Wildman–Crippen LogP) is 1.53. The fourth-order valence-corrected chi connectivity index (χ4v) is 5.54. The summed E-state index contributed by atoms with van der Waals surface area (Å²) >= 11 is 0. The number of nitrogens with two attached hydrogens (primary N) is 1. The van der Waals surface area contributed by atoms with E-state index in [2.05, 4.69) is 5.32 Å². The Hall–Kier alpha value is -3.67. The van der Waals surface area contributed by atoms with Gasteiger partial charge in [-0.2, -0.15) is 25.3 Å². The van der Waals surface area contributed by atoms with Crippen LogP contribution in [-0.2, 0) is 30.4 Å². The Morgan fingerprint density at radius 3 is 1.81 bits per heavy atom. The molecule has 0 aliphatic heterocycles. The topological polar surface area (TPSA) is 235 Å². The number of carbonyl (C=O) groups excluding carboxylic acids is 2. The SMILES string of the molecule is Nc1c(S(=O)(=O)O)cc(Nc2ccccc2S(=O)(=O)O)c2c1C(=O)c1cc(S(=O)(=O)O)ccc1C2=O. The smallest absolute Gasteiger partial charge is 0.296 e. The van der Waals surface area contributed by atoms with E-state index in [-0.39, 0.29) is 11.3 Å². The number of para-hydroxylation sites is 1. The second-order valence-electron chi connectivity index (χ2n) is 7.50. The molecule has 0 heterocycles. The molecule has 0 fully saturated rings. The Morgan fingerprint density at radius 2 is 1.22 bits per heavy atom. The normalized spacial score (nSPS) is 13.8. The zero-order chi connectivity index (χ0) is 26.8. The van der Waals surface area contributed by atoms with Crippen LogP contribution in [0.3, 0.4) is 0 Å². The number of nitrogen functional groups attached to an aromatic ring is 1. The summed E-state index contributed by atoms with van der Waals surface area (Å²) in [5, 5.41) is 2.49. The van der Waals surface area contributed by atoms with Crippen molar-refractivity contribution in [2.24, 2.45) is 0 Å². The van der Waals surface area contributed by atoms with Gasteiger partial charge in [0.15, 0.2) is 11.6 Å². The van der Waals surface area contributed by atoms with Crippen LogP contribution in [0.1, 0.15) is 31.8 Å². The maximum absolute atomic E-state index is 13.4. The van der Waals surface area contributed by atoms with E-state index in [9.17, 15) is 48.5 Å². The first-order valence-corrected chi connectivity index (χ1v) is 13.8. The average molecular weight is 555 g/mol. The number of ketones is 2. The molecular weight excluding hydrogens is 540 g/mol. The summed E-state index contributed by atoms with van der Waals surface area (Å²) in [4.78, 5) is 24.3. The summed E-state index contributed by atoms with van der Waals surface area (Å²) in [6.07, 6.45) is 0. The number of hydrogen-bond donors (Lipinski definition) is 5. The Labute approximate surface area is 203 Å².